The fourth-order valence-corrected chi connectivity index (χ4v) is 1.72. The van der Waals surface area contributed by atoms with Crippen molar-refractivity contribution in [3.05, 3.63) is 0 Å². The summed E-state index contributed by atoms with van der Waals surface area (Å²) in [6.45, 7) is 4.26. The minimum Gasteiger partial charge on any atom is -0.301 e. The van der Waals surface area contributed by atoms with E-state index in [4.69, 9.17) is 5.26 Å². The minimum atomic E-state index is -0.458. The molecule has 0 aromatic heterocycles. The Morgan fingerprint density at radius 3 is 2.20 bits per heavy atom. The molecule has 0 bridgehead atoms. The summed E-state index contributed by atoms with van der Waals surface area (Å²) in [7, 11) is 0. The van der Waals surface area contributed by atoms with Gasteiger partial charge in [0.05, 0.1) is 5.92 Å². The molecule has 15 heavy (non-hydrogen) atoms. The fourth-order valence-electron chi connectivity index (χ4n) is 1.72. The Morgan fingerprint density at radius 1 is 1.07 bits per heavy atom. The van der Waals surface area contributed by atoms with Crippen LogP contribution >= 0.6 is 0 Å². The lowest BCUT2D eigenvalue weighted by Crippen LogP contribution is -2.16. The normalized spacial score (nSPS) is 12.5. The molecule has 0 fully saturated rings. The van der Waals surface area contributed by atoms with Crippen LogP contribution < -0.4 is 0 Å². The molecule has 3 nitrogen and oxygen atoms in total. The molecule has 0 aromatic rings. The molecule has 1 unspecified atom stereocenters. The summed E-state index contributed by atoms with van der Waals surface area (Å²) < 4.78 is 0. The van der Waals surface area contributed by atoms with E-state index in [1.54, 1.807) is 0 Å². The molecule has 0 aliphatic rings. The zero-order valence-electron chi connectivity index (χ0n) is 10.00. The maximum absolute atomic E-state index is 11.2. The largest absolute Gasteiger partial charge is 0.345 e. The van der Waals surface area contributed by atoms with Crippen LogP contribution in [0.25, 0.3) is 0 Å². The molecule has 0 spiro atoms. The van der Waals surface area contributed by atoms with E-state index in [0.29, 0.717) is 0 Å². The molecule has 0 saturated heterocycles. The summed E-state index contributed by atoms with van der Waals surface area (Å²) in [5.74, 6) is -0.563. The zero-order valence-corrected chi connectivity index (χ0v) is 10.00. The van der Waals surface area contributed by atoms with Gasteiger partial charge < -0.3 is 4.89 Å². The van der Waals surface area contributed by atoms with E-state index >= 15 is 0 Å². The Bertz CT molecular complexity index is 157. The summed E-state index contributed by atoms with van der Waals surface area (Å²) in [4.78, 5) is 15.0. The lowest BCUT2D eigenvalue weighted by atomic mass is 9.95. The lowest BCUT2D eigenvalue weighted by Gasteiger charge is -2.12. The molecule has 0 aliphatic carbocycles. The Hall–Kier alpha value is -0.570. The van der Waals surface area contributed by atoms with Gasteiger partial charge in [0.2, 0.25) is 0 Å². The van der Waals surface area contributed by atoms with Gasteiger partial charge >= 0.3 is 5.97 Å². The molecule has 1 N–H and O–H groups in total. The Labute approximate surface area is 92.8 Å². The lowest BCUT2D eigenvalue weighted by molar-refractivity contribution is -0.239. The van der Waals surface area contributed by atoms with Gasteiger partial charge in [-0.3, -0.25) is 0 Å². The Kier molecular flexibility index (Phi) is 9.59. The highest BCUT2D eigenvalue weighted by molar-refractivity contribution is 5.71. The number of rotatable bonds is 9. The van der Waals surface area contributed by atoms with Crippen LogP contribution in [0.5, 0.6) is 0 Å². The highest BCUT2D eigenvalue weighted by atomic mass is 17.1. The van der Waals surface area contributed by atoms with Crippen LogP contribution in [0.1, 0.15) is 65.2 Å². The third kappa shape index (κ3) is 7.37. The first-order valence-corrected chi connectivity index (χ1v) is 6.11. The van der Waals surface area contributed by atoms with Crippen molar-refractivity contribution < 1.29 is 14.9 Å². The molecule has 0 rings (SSSR count). The van der Waals surface area contributed by atoms with Crippen LogP contribution in [-0.4, -0.2) is 11.2 Å². The summed E-state index contributed by atoms with van der Waals surface area (Å²) in [5, 5.41) is 8.36. The van der Waals surface area contributed by atoms with Crippen LogP contribution in [0.15, 0.2) is 0 Å². The highest BCUT2D eigenvalue weighted by Gasteiger charge is 2.18. The van der Waals surface area contributed by atoms with E-state index < -0.39 is 5.97 Å². The average Bonchev–Trinajstić information content (AvgIpc) is 2.27. The van der Waals surface area contributed by atoms with E-state index in [1.165, 1.54) is 12.8 Å². The maximum Gasteiger partial charge on any atom is 0.345 e. The van der Waals surface area contributed by atoms with Gasteiger partial charge in [-0.05, 0) is 12.8 Å². The van der Waals surface area contributed by atoms with Gasteiger partial charge in [-0.1, -0.05) is 52.4 Å². The first-order valence-electron chi connectivity index (χ1n) is 6.11. The van der Waals surface area contributed by atoms with Crippen LogP contribution in [0.2, 0.25) is 0 Å². The van der Waals surface area contributed by atoms with Gasteiger partial charge in [0, 0.05) is 0 Å². The van der Waals surface area contributed by atoms with Crippen LogP contribution in [-0.2, 0) is 9.68 Å². The molecule has 0 radical (unpaired) electrons. The molecule has 0 heterocycles. The highest BCUT2D eigenvalue weighted by Crippen LogP contribution is 2.18. The van der Waals surface area contributed by atoms with Crippen molar-refractivity contribution in [3.8, 4) is 0 Å². The van der Waals surface area contributed by atoms with E-state index in [0.717, 1.165) is 38.5 Å². The number of hydrogen-bond donors (Lipinski definition) is 1. The smallest absolute Gasteiger partial charge is 0.301 e. The Morgan fingerprint density at radius 2 is 1.67 bits per heavy atom. The first-order chi connectivity index (χ1) is 7.26. The van der Waals surface area contributed by atoms with Crippen molar-refractivity contribution in [2.45, 2.75) is 65.2 Å². The molecule has 0 aromatic carbocycles. The van der Waals surface area contributed by atoms with Crippen molar-refractivity contribution >= 4 is 5.97 Å². The second-order valence-electron chi connectivity index (χ2n) is 4.10. The monoisotopic (exact) mass is 216 g/mol. The van der Waals surface area contributed by atoms with Gasteiger partial charge in [-0.25, -0.2) is 4.79 Å². The van der Waals surface area contributed by atoms with Gasteiger partial charge in [0.25, 0.3) is 0 Å². The maximum atomic E-state index is 11.2. The van der Waals surface area contributed by atoms with Gasteiger partial charge in [-0.2, -0.15) is 5.26 Å². The average molecular weight is 216 g/mol. The Balaban J connectivity index is 3.74. The molecule has 90 valence electrons. The summed E-state index contributed by atoms with van der Waals surface area (Å²) in [5.41, 5.74) is 0. The number of unbranched alkanes of at least 4 members (excludes halogenated alkanes) is 4. The molecule has 0 aliphatic heterocycles. The number of carbonyl (C=O) groups is 1. The third-order valence-electron chi connectivity index (χ3n) is 2.74. The van der Waals surface area contributed by atoms with E-state index in [-0.39, 0.29) is 5.92 Å². The van der Waals surface area contributed by atoms with E-state index in [9.17, 15) is 4.79 Å². The standard InChI is InChI=1S/C12H24O3/c1-3-5-7-8-10-11(9-6-4-2)12(13)15-14/h11,14H,3-10H2,1-2H3. The van der Waals surface area contributed by atoms with E-state index in [2.05, 4.69) is 18.7 Å². The second kappa shape index (κ2) is 9.97. The molecular formula is C12H24O3. The molecular weight excluding hydrogens is 192 g/mol. The fraction of sp³-hybridized carbons (Fsp3) is 0.917. The second-order valence-corrected chi connectivity index (χ2v) is 4.10. The predicted octanol–water partition coefficient (Wildman–Crippen LogP) is 3.78. The third-order valence-corrected chi connectivity index (χ3v) is 2.74. The summed E-state index contributed by atoms with van der Waals surface area (Å²) in [6.07, 6.45) is 8.41. The van der Waals surface area contributed by atoms with E-state index in [1.807, 2.05) is 0 Å². The summed E-state index contributed by atoms with van der Waals surface area (Å²) >= 11 is 0. The molecule has 3 heteroatoms. The van der Waals surface area contributed by atoms with Crippen molar-refractivity contribution in [1.82, 2.24) is 0 Å². The van der Waals surface area contributed by atoms with Gasteiger partial charge in [-0.15, -0.1) is 0 Å². The van der Waals surface area contributed by atoms with Crippen LogP contribution in [0.4, 0.5) is 0 Å². The van der Waals surface area contributed by atoms with Crippen molar-refractivity contribution in [2.24, 2.45) is 5.92 Å². The topological polar surface area (TPSA) is 46.5 Å². The predicted molar refractivity (Wildman–Crippen MR) is 60.5 cm³/mol. The van der Waals surface area contributed by atoms with Crippen LogP contribution in [0.3, 0.4) is 0 Å². The van der Waals surface area contributed by atoms with Gasteiger partial charge in [0.15, 0.2) is 0 Å². The van der Waals surface area contributed by atoms with Gasteiger partial charge in [0.1, 0.15) is 0 Å². The molecule has 1 atom stereocenters. The summed E-state index contributed by atoms with van der Waals surface area (Å²) in [6, 6.07) is 0. The molecule has 0 amide bonds. The zero-order chi connectivity index (χ0) is 11.5. The number of carbonyl (C=O) groups excluding carboxylic acids is 1. The molecule has 0 saturated carbocycles. The SMILES string of the molecule is CCCCCCC(CCCC)C(=O)OO. The first kappa shape index (κ1) is 14.4. The van der Waals surface area contributed by atoms with Crippen LogP contribution in [0, 0.1) is 5.92 Å². The van der Waals surface area contributed by atoms with Crippen molar-refractivity contribution in [1.29, 1.82) is 0 Å². The van der Waals surface area contributed by atoms with Crippen molar-refractivity contribution in [3.63, 3.8) is 0 Å². The van der Waals surface area contributed by atoms with Crippen molar-refractivity contribution in [2.75, 3.05) is 0 Å². The number of hydrogen-bond acceptors (Lipinski definition) is 3. The quantitative estimate of drug-likeness (QED) is 0.362. The minimum absolute atomic E-state index is 0.105.